The summed E-state index contributed by atoms with van der Waals surface area (Å²) in [4.78, 5) is 10.6. The first-order valence-electron chi connectivity index (χ1n) is 4.81. The van der Waals surface area contributed by atoms with Gasteiger partial charge in [0.05, 0.1) is 6.04 Å². The van der Waals surface area contributed by atoms with Crippen molar-refractivity contribution in [1.82, 2.24) is 0 Å². The number of amides is 1. The van der Waals surface area contributed by atoms with E-state index in [1.54, 1.807) is 0 Å². The van der Waals surface area contributed by atoms with Gasteiger partial charge >= 0.3 is 0 Å². The number of thioether (sulfide) groups is 1. The van der Waals surface area contributed by atoms with Gasteiger partial charge in [-0.15, -0.1) is 0 Å². The van der Waals surface area contributed by atoms with Crippen LogP contribution in [0.25, 0.3) is 0 Å². The van der Waals surface area contributed by atoms with Gasteiger partial charge in [-0.25, -0.2) is 0 Å². The molecule has 0 aliphatic carbocycles. The lowest BCUT2D eigenvalue weighted by molar-refractivity contribution is -0.119. The van der Waals surface area contributed by atoms with E-state index in [1.807, 2.05) is 11.8 Å². The zero-order chi connectivity index (χ0) is 10.1. The first-order valence-corrected chi connectivity index (χ1v) is 5.96. The van der Waals surface area contributed by atoms with Crippen LogP contribution < -0.4 is 11.5 Å². The Morgan fingerprint density at radius 3 is 2.62 bits per heavy atom. The average Bonchev–Trinajstić information content (AvgIpc) is 2.10. The van der Waals surface area contributed by atoms with E-state index in [4.69, 9.17) is 11.5 Å². The molecular weight excluding hydrogens is 184 g/mol. The van der Waals surface area contributed by atoms with E-state index in [9.17, 15) is 4.79 Å². The standard InChI is InChI=1S/C9H20N2OS/c1-2-3-4-6-13-7-5-8(10)9(11)12/h8H,2-7,10H2,1H3,(H2,11,12). The molecule has 13 heavy (non-hydrogen) atoms. The minimum atomic E-state index is -0.460. The van der Waals surface area contributed by atoms with E-state index < -0.39 is 11.9 Å². The minimum absolute atomic E-state index is 0.394. The summed E-state index contributed by atoms with van der Waals surface area (Å²) in [6, 6.07) is -0.460. The second-order valence-electron chi connectivity index (χ2n) is 3.12. The molecule has 0 aromatic rings. The Kier molecular flexibility index (Phi) is 8.24. The fraction of sp³-hybridized carbons (Fsp3) is 0.889. The van der Waals surface area contributed by atoms with Gasteiger partial charge in [-0.05, 0) is 24.3 Å². The summed E-state index contributed by atoms with van der Waals surface area (Å²) in [5.74, 6) is 1.71. The first kappa shape index (κ1) is 12.8. The van der Waals surface area contributed by atoms with Gasteiger partial charge in [0.15, 0.2) is 0 Å². The molecule has 0 saturated heterocycles. The Morgan fingerprint density at radius 1 is 1.38 bits per heavy atom. The van der Waals surface area contributed by atoms with Crippen LogP contribution in [0.5, 0.6) is 0 Å². The number of carbonyl (C=O) groups excluding carboxylic acids is 1. The van der Waals surface area contributed by atoms with E-state index in [0.717, 1.165) is 5.75 Å². The van der Waals surface area contributed by atoms with E-state index in [-0.39, 0.29) is 0 Å². The maximum atomic E-state index is 10.6. The molecule has 4 heteroatoms. The highest BCUT2D eigenvalue weighted by atomic mass is 32.2. The Balaban J connectivity index is 3.11. The predicted molar refractivity (Wildman–Crippen MR) is 58.6 cm³/mol. The van der Waals surface area contributed by atoms with E-state index in [2.05, 4.69) is 6.92 Å². The molecule has 1 amide bonds. The molecule has 0 aromatic carbocycles. The largest absolute Gasteiger partial charge is 0.368 e. The number of unbranched alkanes of at least 4 members (excludes halogenated alkanes) is 2. The summed E-state index contributed by atoms with van der Waals surface area (Å²) in [5.41, 5.74) is 10.5. The predicted octanol–water partition coefficient (Wildman–Crippen LogP) is 1.11. The van der Waals surface area contributed by atoms with Crippen molar-refractivity contribution < 1.29 is 4.79 Å². The number of carbonyl (C=O) groups is 1. The quantitative estimate of drug-likeness (QED) is 0.582. The molecule has 0 radical (unpaired) electrons. The molecule has 3 nitrogen and oxygen atoms in total. The molecule has 0 rings (SSSR count). The van der Waals surface area contributed by atoms with Gasteiger partial charge < -0.3 is 11.5 Å². The van der Waals surface area contributed by atoms with Crippen molar-refractivity contribution >= 4 is 17.7 Å². The highest BCUT2D eigenvalue weighted by Gasteiger charge is 2.07. The fourth-order valence-electron chi connectivity index (χ4n) is 0.909. The van der Waals surface area contributed by atoms with Crippen LogP contribution in [0.3, 0.4) is 0 Å². The normalized spacial score (nSPS) is 12.8. The van der Waals surface area contributed by atoms with Crippen LogP contribution in [0.2, 0.25) is 0 Å². The van der Waals surface area contributed by atoms with Crippen LogP contribution in [0.4, 0.5) is 0 Å². The molecule has 1 unspecified atom stereocenters. The maximum Gasteiger partial charge on any atom is 0.234 e. The van der Waals surface area contributed by atoms with Crippen molar-refractivity contribution in [1.29, 1.82) is 0 Å². The molecule has 0 heterocycles. The van der Waals surface area contributed by atoms with Gasteiger partial charge in [-0.1, -0.05) is 19.8 Å². The average molecular weight is 204 g/mol. The van der Waals surface area contributed by atoms with Crippen LogP contribution in [-0.4, -0.2) is 23.5 Å². The second kappa shape index (κ2) is 8.38. The van der Waals surface area contributed by atoms with Gasteiger partial charge in [0.2, 0.25) is 5.91 Å². The van der Waals surface area contributed by atoms with Crippen LogP contribution in [0, 0.1) is 0 Å². The van der Waals surface area contributed by atoms with Crippen molar-refractivity contribution in [2.24, 2.45) is 11.5 Å². The van der Waals surface area contributed by atoms with Gasteiger partial charge in [0.1, 0.15) is 0 Å². The maximum absolute atomic E-state index is 10.6. The monoisotopic (exact) mass is 204 g/mol. The molecular formula is C9H20N2OS. The van der Waals surface area contributed by atoms with Crippen LogP contribution >= 0.6 is 11.8 Å². The third-order valence-corrected chi connectivity index (χ3v) is 2.93. The molecule has 4 N–H and O–H groups in total. The van der Waals surface area contributed by atoms with E-state index in [0.29, 0.717) is 6.42 Å². The van der Waals surface area contributed by atoms with Gasteiger partial charge in [0.25, 0.3) is 0 Å². The minimum Gasteiger partial charge on any atom is -0.368 e. The topological polar surface area (TPSA) is 69.1 Å². The number of primary amides is 1. The first-order chi connectivity index (χ1) is 6.18. The summed E-state index contributed by atoms with van der Waals surface area (Å²) < 4.78 is 0. The Bertz CT molecular complexity index is 142. The molecule has 1 atom stereocenters. The van der Waals surface area contributed by atoms with Crippen molar-refractivity contribution in [2.45, 2.75) is 38.6 Å². The van der Waals surface area contributed by atoms with Gasteiger partial charge in [-0.2, -0.15) is 11.8 Å². The Morgan fingerprint density at radius 2 is 2.08 bits per heavy atom. The number of hydrogen-bond donors (Lipinski definition) is 2. The van der Waals surface area contributed by atoms with Gasteiger partial charge in [-0.3, -0.25) is 4.79 Å². The number of rotatable bonds is 8. The highest BCUT2D eigenvalue weighted by molar-refractivity contribution is 7.99. The zero-order valence-electron chi connectivity index (χ0n) is 8.29. The lowest BCUT2D eigenvalue weighted by Crippen LogP contribution is -2.36. The van der Waals surface area contributed by atoms with Crippen LogP contribution in [0.1, 0.15) is 32.6 Å². The van der Waals surface area contributed by atoms with Crippen molar-refractivity contribution in [2.75, 3.05) is 11.5 Å². The summed E-state index contributed by atoms with van der Waals surface area (Å²) in [6.45, 7) is 2.19. The molecule has 0 saturated carbocycles. The SMILES string of the molecule is CCCCCSCCC(N)C(N)=O. The fourth-order valence-corrected chi connectivity index (χ4v) is 1.94. The van der Waals surface area contributed by atoms with Crippen LogP contribution in [0.15, 0.2) is 0 Å². The highest BCUT2D eigenvalue weighted by Crippen LogP contribution is 2.08. The summed E-state index contributed by atoms with van der Waals surface area (Å²) >= 11 is 1.85. The molecule has 0 aliphatic rings. The lowest BCUT2D eigenvalue weighted by atomic mass is 10.2. The molecule has 0 spiro atoms. The summed E-state index contributed by atoms with van der Waals surface area (Å²) in [6.07, 6.45) is 4.50. The van der Waals surface area contributed by atoms with E-state index in [1.165, 1.54) is 25.0 Å². The molecule has 0 bridgehead atoms. The van der Waals surface area contributed by atoms with Crippen molar-refractivity contribution in [3.8, 4) is 0 Å². The lowest BCUT2D eigenvalue weighted by Gasteiger charge is -2.06. The Hall–Kier alpha value is -0.220. The van der Waals surface area contributed by atoms with E-state index >= 15 is 0 Å². The molecule has 78 valence electrons. The summed E-state index contributed by atoms with van der Waals surface area (Å²) in [7, 11) is 0. The van der Waals surface area contributed by atoms with Crippen molar-refractivity contribution in [3.05, 3.63) is 0 Å². The van der Waals surface area contributed by atoms with Crippen LogP contribution in [-0.2, 0) is 4.79 Å². The number of nitrogens with two attached hydrogens (primary N) is 2. The second-order valence-corrected chi connectivity index (χ2v) is 4.34. The molecule has 0 fully saturated rings. The number of hydrogen-bond acceptors (Lipinski definition) is 3. The third kappa shape index (κ3) is 8.12. The third-order valence-electron chi connectivity index (χ3n) is 1.83. The van der Waals surface area contributed by atoms with Crippen molar-refractivity contribution in [3.63, 3.8) is 0 Å². The zero-order valence-corrected chi connectivity index (χ0v) is 9.11. The Labute approximate surface area is 84.6 Å². The summed E-state index contributed by atoms with van der Waals surface area (Å²) in [5, 5.41) is 0. The van der Waals surface area contributed by atoms with Gasteiger partial charge in [0, 0.05) is 0 Å². The molecule has 0 aliphatic heterocycles. The molecule has 0 aromatic heterocycles. The smallest absolute Gasteiger partial charge is 0.234 e.